The Labute approximate surface area is 154 Å². The van der Waals surface area contributed by atoms with Crippen molar-refractivity contribution in [3.63, 3.8) is 0 Å². The molecule has 132 valence electrons. The Hall–Kier alpha value is -2.27. The van der Waals surface area contributed by atoms with Crippen molar-refractivity contribution in [2.45, 2.75) is 26.3 Å². The lowest BCUT2D eigenvalue weighted by Crippen LogP contribution is -2.33. The summed E-state index contributed by atoms with van der Waals surface area (Å²) in [5, 5.41) is 7.29. The van der Waals surface area contributed by atoms with Crippen LogP contribution in [0.3, 0.4) is 0 Å². The second-order valence-corrected chi connectivity index (χ2v) is 6.96. The van der Waals surface area contributed by atoms with Gasteiger partial charge in [-0.05, 0) is 42.3 Å². The Morgan fingerprint density at radius 1 is 1.04 bits per heavy atom. The van der Waals surface area contributed by atoms with Crippen LogP contribution in [0.2, 0.25) is 0 Å². The second-order valence-electron chi connectivity index (χ2n) is 6.55. The van der Waals surface area contributed by atoms with E-state index in [0.29, 0.717) is 24.2 Å². The first-order valence-corrected chi connectivity index (χ1v) is 9.05. The maximum Gasteiger partial charge on any atom is 0.171 e. The highest BCUT2D eigenvalue weighted by atomic mass is 32.1. The number of nitrogens with one attached hydrogen (secondary N) is 2. The molecule has 2 aromatic carbocycles. The maximum absolute atomic E-state index is 5.62. The van der Waals surface area contributed by atoms with E-state index in [9.17, 15) is 0 Å². The molecular weight excluding hydrogens is 332 g/mol. The van der Waals surface area contributed by atoms with E-state index < -0.39 is 0 Å². The molecule has 2 aromatic rings. The fourth-order valence-electron chi connectivity index (χ4n) is 2.88. The molecule has 0 spiro atoms. The Balaban J connectivity index is 1.67. The largest absolute Gasteiger partial charge is 0.486 e. The molecule has 0 aliphatic carbocycles. The summed E-state index contributed by atoms with van der Waals surface area (Å²) >= 11 is 5.53. The quantitative estimate of drug-likeness (QED) is 0.771. The number of hydrogen-bond donors (Lipinski definition) is 2. The van der Waals surface area contributed by atoms with Crippen LogP contribution in [0.15, 0.2) is 48.5 Å². The van der Waals surface area contributed by atoms with Crippen molar-refractivity contribution in [3.05, 3.63) is 54.1 Å². The number of ether oxygens (including phenoxy) is 2. The number of rotatable bonds is 5. The molecule has 5 heteroatoms. The van der Waals surface area contributed by atoms with Gasteiger partial charge < -0.3 is 20.1 Å². The first-order chi connectivity index (χ1) is 12.1. The first-order valence-electron chi connectivity index (χ1n) is 8.64. The predicted molar refractivity (Wildman–Crippen MR) is 105 cm³/mol. The maximum atomic E-state index is 5.62. The van der Waals surface area contributed by atoms with Gasteiger partial charge in [-0.2, -0.15) is 0 Å². The molecule has 0 saturated heterocycles. The number of benzene rings is 2. The van der Waals surface area contributed by atoms with Crippen LogP contribution in [-0.4, -0.2) is 18.3 Å². The highest BCUT2D eigenvalue weighted by Crippen LogP contribution is 2.32. The van der Waals surface area contributed by atoms with Gasteiger partial charge in [-0.1, -0.05) is 44.2 Å². The van der Waals surface area contributed by atoms with Gasteiger partial charge in [0, 0.05) is 11.8 Å². The van der Waals surface area contributed by atoms with Gasteiger partial charge in [0.05, 0.1) is 6.04 Å². The Morgan fingerprint density at radius 3 is 2.48 bits per heavy atom. The molecule has 1 aliphatic rings. The van der Waals surface area contributed by atoms with Crippen molar-refractivity contribution in [2.75, 3.05) is 18.5 Å². The third-order valence-electron chi connectivity index (χ3n) is 4.01. The number of fused-ring (bicyclic) bond motifs is 1. The number of hydrogen-bond acceptors (Lipinski definition) is 3. The van der Waals surface area contributed by atoms with Gasteiger partial charge in [-0.25, -0.2) is 0 Å². The van der Waals surface area contributed by atoms with Crippen molar-refractivity contribution >= 4 is 23.0 Å². The lowest BCUT2D eigenvalue weighted by Gasteiger charge is -2.24. The van der Waals surface area contributed by atoms with Crippen LogP contribution in [0, 0.1) is 5.92 Å². The molecule has 4 nitrogen and oxygen atoms in total. The van der Waals surface area contributed by atoms with E-state index in [-0.39, 0.29) is 6.04 Å². The zero-order chi connectivity index (χ0) is 17.6. The van der Waals surface area contributed by atoms with Crippen LogP contribution in [0.5, 0.6) is 11.5 Å². The van der Waals surface area contributed by atoms with Gasteiger partial charge in [0.2, 0.25) is 0 Å². The van der Waals surface area contributed by atoms with Crippen LogP contribution in [0.1, 0.15) is 31.9 Å². The van der Waals surface area contributed by atoms with E-state index in [0.717, 1.165) is 23.6 Å². The van der Waals surface area contributed by atoms with Crippen molar-refractivity contribution in [1.82, 2.24) is 5.32 Å². The Kier molecular flexibility index (Phi) is 5.76. The van der Waals surface area contributed by atoms with Crippen LogP contribution in [-0.2, 0) is 0 Å². The lowest BCUT2D eigenvalue weighted by molar-refractivity contribution is 0.171. The summed E-state index contributed by atoms with van der Waals surface area (Å²) in [5.74, 6) is 2.09. The molecule has 0 radical (unpaired) electrons. The molecule has 1 unspecified atom stereocenters. The molecule has 25 heavy (non-hydrogen) atoms. The second kappa shape index (κ2) is 8.21. The Morgan fingerprint density at radius 2 is 1.76 bits per heavy atom. The number of thiocarbonyl (C=S) groups is 1. The molecule has 1 heterocycles. The molecule has 2 N–H and O–H groups in total. The van der Waals surface area contributed by atoms with Crippen LogP contribution in [0.4, 0.5) is 5.69 Å². The van der Waals surface area contributed by atoms with E-state index in [1.54, 1.807) is 0 Å². The summed E-state index contributed by atoms with van der Waals surface area (Å²) in [4.78, 5) is 0. The minimum atomic E-state index is 0.179. The molecule has 3 rings (SSSR count). The van der Waals surface area contributed by atoms with Crippen molar-refractivity contribution < 1.29 is 9.47 Å². The average molecular weight is 356 g/mol. The van der Waals surface area contributed by atoms with Crippen LogP contribution < -0.4 is 20.1 Å². The molecule has 1 aliphatic heterocycles. The molecule has 0 saturated carbocycles. The van der Waals surface area contributed by atoms with E-state index in [1.807, 2.05) is 24.3 Å². The fraction of sp³-hybridized carbons (Fsp3) is 0.350. The summed E-state index contributed by atoms with van der Waals surface area (Å²) in [7, 11) is 0. The van der Waals surface area contributed by atoms with Crippen LogP contribution in [0.25, 0.3) is 0 Å². The van der Waals surface area contributed by atoms with E-state index in [4.69, 9.17) is 21.7 Å². The smallest absolute Gasteiger partial charge is 0.171 e. The van der Waals surface area contributed by atoms with E-state index in [2.05, 4.69) is 48.7 Å². The van der Waals surface area contributed by atoms with E-state index >= 15 is 0 Å². The third-order valence-corrected chi connectivity index (χ3v) is 4.23. The van der Waals surface area contributed by atoms with E-state index in [1.165, 1.54) is 5.56 Å². The summed E-state index contributed by atoms with van der Waals surface area (Å²) in [5.41, 5.74) is 2.13. The monoisotopic (exact) mass is 356 g/mol. The highest BCUT2D eigenvalue weighted by molar-refractivity contribution is 7.80. The van der Waals surface area contributed by atoms with Gasteiger partial charge in [-0.3, -0.25) is 0 Å². The standard InChI is InChI=1S/C20H24N2O2S/c1-14(2)12-17(15-6-4-3-5-7-15)22-20(25)21-16-8-9-18-19(13-16)24-11-10-23-18/h3-9,13-14,17H,10-12H2,1-2H3,(H2,21,22,25). The molecule has 0 aromatic heterocycles. The zero-order valence-electron chi connectivity index (χ0n) is 14.6. The minimum absolute atomic E-state index is 0.179. The van der Waals surface area contributed by atoms with Gasteiger partial charge in [-0.15, -0.1) is 0 Å². The van der Waals surface area contributed by atoms with Gasteiger partial charge in [0.1, 0.15) is 13.2 Å². The number of anilines is 1. The topological polar surface area (TPSA) is 42.5 Å². The zero-order valence-corrected chi connectivity index (χ0v) is 15.4. The van der Waals surface area contributed by atoms with Crippen molar-refractivity contribution in [3.8, 4) is 11.5 Å². The Bertz CT molecular complexity index is 719. The van der Waals surface area contributed by atoms with Crippen molar-refractivity contribution in [1.29, 1.82) is 0 Å². The van der Waals surface area contributed by atoms with Gasteiger partial charge >= 0.3 is 0 Å². The lowest BCUT2D eigenvalue weighted by atomic mass is 9.97. The van der Waals surface area contributed by atoms with Crippen LogP contribution >= 0.6 is 12.2 Å². The fourth-order valence-corrected chi connectivity index (χ4v) is 3.14. The summed E-state index contributed by atoms with van der Waals surface area (Å²) in [6.45, 7) is 5.60. The summed E-state index contributed by atoms with van der Waals surface area (Å²) < 4.78 is 11.2. The minimum Gasteiger partial charge on any atom is -0.486 e. The molecular formula is C20H24N2O2S. The SMILES string of the molecule is CC(C)CC(NC(=S)Nc1ccc2c(c1)OCCO2)c1ccccc1. The van der Waals surface area contributed by atoms with Gasteiger partial charge in [0.25, 0.3) is 0 Å². The molecule has 0 bridgehead atoms. The summed E-state index contributed by atoms with van der Waals surface area (Å²) in [6, 6.07) is 16.4. The average Bonchev–Trinajstić information content (AvgIpc) is 2.61. The highest BCUT2D eigenvalue weighted by Gasteiger charge is 2.16. The van der Waals surface area contributed by atoms with Crippen molar-refractivity contribution in [2.24, 2.45) is 5.92 Å². The molecule has 1 atom stereocenters. The first kappa shape index (κ1) is 17.5. The third kappa shape index (κ3) is 4.86. The normalized spacial score (nSPS) is 14.0. The molecule has 0 fully saturated rings. The predicted octanol–water partition coefficient (Wildman–Crippen LogP) is 4.53. The van der Waals surface area contributed by atoms with Gasteiger partial charge in [0.15, 0.2) is 16.6 Å². The molecule has 0 amide bonds. The summed E-state index contributed by atoms with van der Waals surface area (Å²) in [6.07, 6.45) is 1.01.